The summed E-state index contributed by atoms with van der Waals surface area (Å²) in [5, 5.41) is 2.86. The molecule has 2 N–H and O–H groups in total. The molecule has 1 radical (unpaired) electrons. The maximum Gasteiger partial charge on any atom is 0.241 e. The Labute approximate surface area is 184 Å². The van der Waals surface area contributed by atoms with E-state index in [0.717, 1.165) is 17.6 Å². The van der Waals surface area contributed by atoms with Crippen LogP contribution in [0.25, 0.3) is 6.08 Å². The van der Waals surface area contributed by atoms with Crippen LogP contribution < -0.4 is 10.0 Å². The van der Waals surface area contributed by atoms with Crippen molar-refractivity contribution in [2.75, 3.05) is 6.54 Å². The molecule has 2 aromatic carbocycles. The third-order valence-corrected chi connectivity index (χ3v) is 6.28. The van der Waals surface area contributed by atoms with Crippen LogP contribution in [-0.4, -0.2) is 26.9 Å². The first-order valence-corrected chi connectivity index (χ1v) is 11.8. The molecule has 2 aromatic rings. The van der Waals surface area contributed by atoms with Gasteiger partial charge in [0.2, 0.25) is 15.9 Å². The molecule has 1 unspecified atom stereocenters. The summed E-state index contributed by atoms with van der Waals surface area (Å²) >= 11 is 0. The van der Waals surface area contributed by atoms with Gasteiger partial charge in [-0.3, -0.25) is 4.79 Å². The third kappa shape index (κ3) is 7.35. The quantitative estimate of drug-likeness (QED) is 0.553. The number of hydrogen-bond acceptors (Lipinski definition) is 3. The first kappa shape index (κ1) is 22.7. The molecule has 0 aromatic heterocycles. The summed E-state index contributed by atoms with van der Waals surface area (Å²) in [4.78, 5) is 13.0. The lowest BCUT2D eigenvalue weighted by Crippen LogP contribution is -2.47. The van der Waals surface area contributed by atoms with Crippen molar-refractivity contribution in [3.63, 3.8) is 0 Å². The van der Waals surface area contributed by atoms with E-state index in [1.807, 2.05) is 67.1 Å². The summed E-state index contributed by atoms with van der Waals surface area (Å²) < 4.78 is 28.1. The molecule has 1 atom stereocenters. The third-order valence-electron chi connectivity index (χ3n) is 4.79. The molecule has 0 bridgehead atoms. The predicted octanol–water partition coefficient (Wildman–Crippen LogP) is 4.03. The molecule has 0 aliphatic heterocycles. The van der Waals surface area contributed by atoms with E-state index < -0.39 is 16.1 Å². The number of hydrogen-bond donors (Lipinski definition) is 2. The van der Waals surface area contributed by atoms with Gasteiger partial charge in [0.15, 0.2) is 0 Å². The largest absolute Gasteiger partial charge is 0.354 e. The Hall–Kier alpha value is -2.96. The zero-order valence-corrected chi connectivity index (χ0v) is 18.1. The maximum absolute atomic E-state index is 12.8. The molecule has 0 fully saturated rings. The van der Waals surface area contributed by atoms with Crippen molar-refractivity contribution in [2.45, 2.75) is 30.2 Å². The van der Waals surface area contributed by atoms with Crippen molar-refractivity contribution in [1.82, 2.24) is 10.0 Å². The number of rotatable bonds is 10. The molecule has 161 valence electrons. The van der Waals surface area contributed by atoms with Crippen molar-refractivity contribution in [3.8, 4) is 0 Å². The van der Waals surface area contributed by atoms with Crippen molar-refractivity contribution in [1.29, 1.82) is 0 Å². The first-order chi connectivity index (χ1) is 15.0. The summed E-state index contributed by atoms with van der Waals surface area (Å²) in [5.74, 6) is -0.337. The second-order valence-corrected chi connectivity index (χ2v) is 8.91. The second kappa shape index (κ2) is 11.4. The lowest BCUT2D eigenvalue weighted by atomic mass is 10.00. The molecule has 0 spiro atoms. The van der Waals surface area contributed by atoms with E-state index in [-0.39, 0.29) is 10.8 Å². The van der Waals surface area contributed by atoms with E-state index in [4.69, 9.17) is 0 Å². The van der Waals surface area contributed by atoms with Gasteiger partial charge >= 0.3 is 0 Å². The molecule has 0 saturated carbocycles. The van der Waals surface area contributed by atoms with Crippen molar-refractivity contribution in [3.05, 3.63) is 103 Å². The summed E-state index contributed by atoms with van der Waals surface area (Å²) in [6, 6.07) is 17.1. The maximum atomic E-state index is 12.8. The molecule has 1 amide bonds. The molecule has 5 nitrogen and oxygen atoms in total. The van der Waals surface area contributed by atoms with Crippen molar-refractivity contribution in [2.24, 2.45) is 0 Å². The summed E-state index contributed by atoms with van der Waals surface area (Å²) in [6.07, 6.45) is 13.5. The van der Waals surface area contributed by atoms with E-state index in [1.54, 1.807) is 18.2 Å². The average molecular weight is 436 g/mol. The first-order valence-electron chi connectivity index (χ1n) is 10.3. The minimum absolute atomic E-state index is 0.139. The molecule has 31 heavy (non-hydrogen) atoms. The topological polar surface area (TPSA) is 75.3 Å². The fourth-order valence-electron chi connectivity index (χ4n) is 3.17. The van der Waals surface area contributed by atoms with Gasteiger partial charge in [0.1, 0.15) is 6.04 Å². The highest BCUT2D eigenvalue weighted by molar-refractivity contribution is 7.89. The Balaban J connectivity index is 1.62. The Morgan fingerprint density at radius 1 is 1.03 bits per heavy atom. The molecule has 0 saturated heterocycles. The normalized spacial score (nSPS) is 14.9. The van der Waals surface area contributed by atoms with Gasteiger partial charge in [-0.1, -0.05) is 84.5 Å². The van der Waals surface area contributed by atoms with Crippen LogP contribution in [0.1, 0.15) is 24.8 Å². The highest BCUT2D eigenvalue weighted by atomic mass is 32.2. The minimum Gasteiger partial charge on any atom is -0.354 e. The standard InChI is InChI=1S/C25H27N2O3S/c28-25(26-19-11-10-14-21-12-4-1-5-13-21)24(20-22-15-6-2-7-16-22)27-31(29,30)23-17-8-3-9-18-23/h1-6,8-10,12-18,24,27H,7,11,19-20H2,(H,26,28). The van der Waals surface area contributed by atoms with Gasteiger partial charge in [0, 0.05) is 6.54 Å². The van der Waals surface area contributed by atoms with Gasteiger partial charge in [0.05, 0.1) is 4.90 Å². The van der Waals surface area contributed by atoms with Crippen LogP contribution in [-0.2, 0) is 14.8 Å². The lowest BCUT2D eigenvalue weighted by Gasteiger charge is -2.20. The second-order valence-electron chi connectivity index (χ2n) is 7.19. The van der Waals surface area contributed by atoms with Gasteiger partial charge in [-0.15, -0.1) is 0 Å². The molecule has 3 rings (SSSR count). The fraction of sp³-hybridized carbons (Fsp3) is 0.200. The molecule has 1 aliphatic rings. The van der Waals surface area contributed by atoms with Crippen LogP contribution in [0.3, 0.4) is 0 Å². The van der Waals surface area contributed by atoms with Gasteiger partial charge in [-0.2, -0.15) is 4.72 Å². The van der Waals surface area contributed by atoms with Crippen molar-refractivity contribution >= 4 is 22.0 Å². The smallest absolute Gasteiger partial charge is 0.241 e. The van der Waals surface area contributed by atoms with E-state index in [9.17, 15) is 13.2 Å². The number of sulfonamides is 1. The Morgan fingerprint density at radius 3 is 2.42 bits per heavy atom. The van der Waals surface area contributed by atoms with E-state index in [1.165, 1.54) is 12.1 Å². The van der Waals surface area contributed by atoms with Crippen molar-refractivity contribution < 1.29 is 13.2 Å². The number of carbonyl (C=O) groups is 1. The fourth-order valence-corrected chi connectivity index (χ4v) is 4.39. The van der Waals surface area contributed by atoms with Crippen LogP contribution in [0, 0.1) is 6.42 Å². The predicted molar refractivity (Wildman–Crippen MR) is 124 cm³/mol. The van der Waals surface area contributed by atoms with Crippen LogP contribution in [0.5, 0.6) is 0 Å². The molecular weight excluding hydrogens is 408 g/mol. The van der Waals surface area contributed by atoms with Gasteiger partial charge in [-0.25, -0.2) is 8.42 Å². The zero-order valence-electron chi connectivity index (χ0n) is 17.3. The molecular formula is C25H27N2O3S. The van der Waals surface area contributed by atoms with Crippen LogP contribution in [0.15, 0.2) is 95.4 Å². The number of nitrogens with one attached hydrogen (secondary N) is 2. The average Bonchev–Trinajstić information content (AvgIpc) is 2.80. The van der Waals surface area contributed by atoms with Crippen LogP contribution in [0.2, 0.25) is 0 Å². The monoisotopic (exact) mass is 435 g/mol. The van der Waals surface area contributed by atoms with E-state index in [2.05, 4.69) is 10.0 Å². The summed E-state index contributed by atoms with van der Waals surface area (Å²) in [6.45, 7) is 0.425. The van der Waals surface area contributed by atoms with Gasteiger partial charge in [0.25, 0.3) is 0 Å². The van der Waals surface area contributed by atoms with E-state index in [0.29, 0.717) is 19.4 Å². The molecule has 0 heterocycles. The van der Waals surface area contributed by atoms with E-state index >= 15 is 0 Å². The minimum atomic E-state index is -3.81. The lowest BCUT2D eigenvalue weighted by molar-refractivity contribution is -0.122. The number of benzene rings is 2. The number of amides is 1. The Bertz CT molecular complexity index is 1040. The highest BCUT2D eigenvalue weighted by Gasteiger charge is 2.26. The summed E-state index contributed by atoms with van der Waals surface area (Å²) in [5.41, 5.74) is 2.03. The van der Waals surface area contributed by atoms with Crippen LogP contribution in [0.4, 0.5) is 0 Å². The van der Waals surface area contributed by atoms with Gasteiger partial charge in [-0.05, 0) is 43.4 Å². The Morgan fingerprint density at radius 2 is 1.74 bits per heavy atom. The number of allylic oxidation sites excluding steroid dienone is 3. The molecule has 6 heteroatoms. The summed E-state index contributed by atoms with van der Waals surface area (Å²) in [7, 11) is -3.81. The highest BCUT2D eigenvalue weighted by Crippen LogP contribution is 2.17. The zero-order chi connectivity index (χ0) is 21.9. The molecule has 1 aliphatic carbocycles. The SMILES string of the molecule is O=C(NCCC=Cc1ccccc1)C(CC1=CC[CH]C=C1)NS(=O)(=O)c1ccccc1. The van der Waals surface area contributed by atoms with Gasteiger partial charge < -0.3 is 5.32 Å². The Kier molecular flexibility index (Phi) is 8.38. The van der Waals surface area contributed by atoms with Crippen LogP contribution >= 0.6 is 0 Å². The number of carbonyl (C=O) groups excluding carboxylic acids is 1.